The van der Waals surface area contributed by atoms with Crippen molar-refractivity contribution in [2.75, 3.05) is 6.61 Å². The Labute approximate surface area is 186 Å². The summed E-state index contributed by atoms with van der Waals surface area (Å²) in [6.07, 6.45) is 11.2. The van der Waals surface area contributed by atoms with E-state index in [0.29, 0.717) is 0 Å². The lowest BCUT2D eigenvalue weighted by atomic mass is 10.1. The molecule has 0 spiro atoms. The summed E-state index contributed by atoms with van der Waals surface area (Å²) in [6, 6.07) is 10.6. The van der Waals surface area contributed by atoms with Gasteiger partial charge in [-0.15, -0.1) is 0 Å². The maximum absolute atomic E-state index is 14.5. The molecule has 3 aromatic rings. The van der Waals surface area contributed by atoms with Crippen LogP contribution in [0.3, 0.4) is 0 Å². The Balaban J connectivity index is 1.69. The highest BCUT2D eigenvalue weighted by atomic mass is 19.2. The van der Waals surface area contributed by atoms with E-state index in [1.54, 1.807) is 19.3 Å². The van der Waals surface area contributed by atoms with Crippen LogP contribution in [0.1, 0.15) is 31.7 Å². The SMILES string of the molecule is C=CCOc1ccc(-c2ncc(-c3ccc(C=CCCCC(C)O)cc3)cn2)c(F)c1F. The van der Waals surface area contributed by atoms with E-state index in [0.717, 1.165) is 36.0 Å². The van der Waals surface area contributed by atoms with Gasteiger partial charge < -0.3 is 9.84 Å². The van der Waals surface area contributed by atoms with Gasteiger partial charge in [0.05, 0.1) is 11.7 Å². The Hall–Kier alpha value is -3.38. The second-order valence-corrected chi connectivity index (χ2v) is 7.44. The minimum atomic E-state index is -1.08. The van der Waals surface area contributed by atoms with Crippen molar-refractivity contribution in [1.82, 2.24) is 9.97 Å². The molecule has 166 valence electrons. The van der Waals surface area contributed by atoms with Gasteiger partial charge in [-0.05, 0) is 49.4 Å². The highest BCUT2D eigenvalue weighted by Gasteiger charge is 2.17. The van der Waals surface area contributed by atoms with Crippen LogP contribution >= 0.6 is 0 Å². The van der Waals surface area contributed by atoms with Gasteiger partial charge in [0, 0.05) is 18.0 Å². The van der Waals surface area contributed by atoms with Crippen molar-refractivity contribution in [2.24, 2.45) is 0 Å². The predicted molar refractivity (Wildman–Crippen MR) is 123 cm³/mol. The van der Waals surface area contributed by atoms with Crippen LogP contribution in [0.25, 0.3) is 28.6 Å². The molecule has 0 bridgehead atoms. The molecule has 0 aliphatic carbocycles. The summed E-state index contributed by atoms with van der Waals surface area (Å²) in [5.74, 6) is -2.22. The number of benzene rings is 2. The standard InChI is InChI=1S/C26H26F2N2O2/c1-3-15-32-23-14-13-22(24(27)25(23)28)26-29-16-21(17-30-26)20-11-9-19(10-12-20)8-6-4-5-7-18(2)31/h3,6,8-14,16-18,31H,1,4-5,7,15H2,2H3. The smallest absolute Gasteiger partial charge is 0.201 e. The van der Waals surface area contributed by atoms with E-state index in [4.69, 9.17) is 4.74 Å². The van der Waals surface area contributed by atoms with E-state index in [9.17, 15) is 13.9 Å². The second-order valence-electron chi connectivity index (χ2n) is 7.44. The summed E-state index contributed by atoms with van der Waals surface area (Å²) in [7, 11) is 0. The van der Waals surface area contributed by atoms with E-state index in [1.807, 2.05) is 30.3 Å². The number of hydrogen-bond donors (Lipinski definition) is 1. The monoisotopic (exact) mass is 436 g/mol. The number of halogens is 2. The van der Waals surface area contributed by atoms with Crippen molar-refractivity contribution in [2.45, 2.75) is 32.3 Å². The first-order chi connectivity index (χ1) is 15.5. The zero-order chi connectivity index (χ0) is 22.9. The van der Waals surface area contributed by atoms with Gasteiger partial charge in [0.1, 0.15) is 6.61 Å². The van der Waals surface area contributed by atoms with E-state index < -0.39 is 11.6 Å². The zero-order valence-electron chi connectivity index (χ0n) is 18.0. The van der Waals surface area contributed by atoms with Crippen LogP contribution in [0, 0.1) is 11.6 Å². The van der Waals surface area contributed by atoms with Crippen molar-refractivity contribution in [3.05, 3.63) is 84.7 Å². The fourth-order valence-corrected chi connectivity index (χ4v) is 3.12. The molecule has 1 unspecified atom stereocenters. The molecule has 32 heavy (non-hydrogen) atoms. The molecule has 0 amide bonds. The number of ether oxygens (including phenoxy) is 1. The summed E-state index contributed by atoms with van der Waals surface area (Å²) >= 11 is 0. The van der Waals surface area contributed by atoms with Gasteiger partial charge in [-0.1, -0.05) is 49.1 Å². The largest absolute Gasteiger partial charge is 0.486 e. The molecule has 0 aliphatic heterocycles. The molecule has 0 saturated carbocycles. The molecule has 3 rings (SSSR count). The number of unbranched alkanes of at least 4 members (excludes halogenated alkanes) is 1. The third kappa shape index (κ3) is 6.08. The first kappa shape index (κ1) is 23.3. The topological polar surface area (TPSA) is 55.2 Å². The van der Waals surface area contributed by atoms with Crippen molar-refractivity contribution in [3.63, 3.8) is 0 Å². The molecule has 6 heteroatoms. The minimum Gasteiger partial charge on any atom is -0.486 e. The molecule has 1 aromatic heterocycles. The molecule has 1 N–H and O–H groups in total. The molecule has 4 nitrogen and oxygen atoms in total. The Bertz CT molecular complexity index is 1060. The zero-order valence-corrected chi connectivity index (χ0v) is 18.0. The average Bonchev–Trinajstić information content (AvgIpc) is 2.80. The van der Waals surface area contributed by atoms with Gasteiger partial charge in [0.15, 0.2) is 17.4 Å². The van der Waals surface area contributed by atoms with Crippen LogP contribution in [0.5, 0.6) is 5.75 Å². The van der Waals surface area contributed by atoms with E-state index >= 15 is 0 Å². The van der Waals surface area contributed by atoms with Crippen LogP contribution in [0.2, 0.25) is 0 Å². The molecule has 0 radical (unpaired) electrons. The van der Waals surface area contributed by atoms with Gasteiger partial charge in [-0.3, -0.25) is 0 Å². The minimum absolute atomic E-state index is 0.0314. The molecule has 1 atom stereocenters. The normalized spacial score (nSPS) is 12.1. The Morgan fingerprint density at radius 3 is 2.41 bits per heavy atom. The lowest BCUT2D eigenvalue weighted by molar-refractivity contribution is 0.182. The first-order valence-corrected chi connectivity index (χ1v) is 10.5. The molecule has 0 fully saturated rings. The van der Waals surface area contributed by atoms with E-state index in [1.165, 1.54) is 18.2 Å². The summed E-state index contributed by atoms with van der Waals surface area (Å²) in [4.78, 5) is 8.43. The molecule has 2 aromatic carbocycles. The summed E-state index contributed by atoms with van der Waals surface area (Å²) < 4.78 is 33.8. The lowest BCUT2D eigenvalue weighted by Crippen LogP contribution is -2.00. The Kier molecular flexibility index (Phi) is 8.22. The average molecular weight is 437 g/mol. The number of aliphatic hydroxyl groups excluding tert-OH is 1. The fourth-order valence-electron chi connectivity index (χ4n) is 3.12. The van der Waals surface area contributed by atoms with Crippen LogP contribution in [-0.2, 0) is 0 Å². The predicted octanol–water partition coefficient (Wildman–Crippen LogP) is 6.22. The van der Waals surface area contributed by atoms with Gasteiger partial charge in [-0.25, -0.2) is 14.4 Å². The lowest BCUT2D eigenvalue weighted by Gasteiger charge is -2.09. The number of nitrogens with zero attached hydrogens (tertiary/aromatic N) is 2. The third-order valence-corrected chi connectivity index (χ3v) is 4.84. The van der Waals surface area contributed by atoms with Crippen LogP contribution in [0.4, 0.5) is 8.78 Å². The van der Waals surface area contributed by atoms with Crippen molar-refractivity contribution in [3.8, 4) is 28.3 Å². The maximum atomic E-state index is 14.5. The van der Waals surface area contributed by atoms with Crippen molar-refractivity contribution in [1.29, 1.82) is 0 Å². The number of hydrogen-bond acceptors (Lipinski definition) is 4. The highest BCUT2D eigenvalue weighted by Crippen LogP contribution is 2.29. The number of aromatic nitrogens is 2. The molecule has 0 saturated heterocycles. The quantitative estimate of drug-likeness (QED) is 0.303. The number of allylic oxidation sites excluding steroid dienone is 1. The Morgan fingerprint density at radius 2 is 1.75 bits per heavy atom. The van der Waals surface area contributed by atoms with Crippen molar-refractivity contribution < 1.29 is 18.6 Å². The second kappa shape index (κ2) is 11.3. The third-order valence-electron chi connectivity index (χ3n) is 4.84. The summed E-state index contributed by atoms with van der Waals surface area (Å²) in [6.45, 7) is 5.36. The van der Waals surface area contributed by atoms with Crippen LogP contribution in [0.15, 0.2) is 67.5 Å². The number of rotatable bonds is 10. The Morgan fingerprint density at radius 1 is 1.03 bits per heavy atom. The number of aliphatic hydroxyl groups is 1. The van der Waals surface area contributed by atoms with Gasteiger partial charge in [0.25, 0.3) is 0 Å². The van der Waals surface area contributed by atoms with Gasteiger partial charge in [0.2, 0.25) is 5.82 Å². The van der Waals surface area contributed by atoms with Gasteiger partial charge >= 0.3 is 0 Å². The van der Waals surface area contributed by atoms with E-state index in [2.05, 4.69) is 22.6 Å². The molecule has 0 aliphatic rings. The van der Waals surface area contributed by atoms with Gasteiger partial charge in [-0.2, -0.15) is 4.39 Å². The summed E-state index contributed by atoms with van der Waals surface area (Å²) in [5, 5.41) is 9.28. The maximum Gasteiger partial charge on any atom is 0.201 e. The van der Waals surface area contributed by atoms with Crippen LogP contribution in [-0.4, -0.2) is 27.8 Å². The van der Waals surface area contributed by atoms with Crippen molar-refractivity contribution >= 4 is 6.08 Å². The fraction of sp³-hybridized carbons (Fsp3) is 0.231. The molecular weight excluding hydrogens is 410 g/mol. The molecular formula is C26H26F2N2O2. The van der Waals surface area contributed by atoms with Crippen LogP contribution < -0.4 is 4.74 Å². The first-order valence-electron chi connectivity index (χ1n) is 10.5. The summed E-state index contributed by atoms with van der Waals surface area (Å²) in [5.41, 5.74) is 2.73. The highest BCUT2D eigenvalue weighted by molar-refractivity contribution is 5.66. The molecule has 1 heterocycles. The van der Waals surface area contributed by atoms with E-state index in [-0.39, 0.29) is 29.8 Å².